The molecule has 0 heterocycles. The van der Waals surface area contributed by atoms with Gasteiger partial charge in [0.05, 0.1) is 6.61 Å². The lowest BCUT2D eigenvalue weighted by Gasteiger charge is -2.11. The first-order valence-corrected chi connectivity index (χ1v) is 5.73. The van der Waals surface area contributed by atoms with Gasteiger partial charge in [0.15, 0.2) is 17.4 Å². The van der Waals surface area contributed by atoms with Gasteiger partial charge in [-0.3, -0.25) is 0 Å². The van der Waals surface area contributed by atoms with Gasteiger partial charge in [-0.1, -0.05) is 0 Å². The van der Waals surface area contributed by atoms with Crippen molar-refractivity contribution in [3.63, 3.8) is 0 Å². The molecule has 0 spiro atoms. The summed E-state index contributed by atoms with van der Waals surface area (Å²) in [6.07, 6.45) is -4.44. The zero-order valence-corrected chi connectivity index (χ0v) is 10.7. The molecular weight excluding hydrogens is 285 g/mol. The number of ether oxygens (including phenoxy) is 2. The molecule has 0 bridgehead atoms. The number of benzene rings is 1. The van der Waals surface area contributed by atoms with Crippen LogP contribution >= 0.6 is 0 Å². The molecule has 114 valence electrons. The highest BCUT2D eigenvalue weighted by atomic mass is 19.4. The fourth-order valence-corrected chi connectivity index (χ4v) is 1.45. The van der Waals surface area contributed by atoms with E-state index >= 15 is 0 Å². The average Bonchev–Trinajstić information content (AvgIpc) is 2.30. The predicted molar refractivity (Wildman–Crippen MR) is 61.5 cm³/mol. The summed E-state index contributed by atoms with van der Waals surface area (Å²) in [7, 11) is 1.62. The highest BCUT2D eigenvalue weighted by Gasteiger charge is 2.27. The first-order valence-electron chi connectivity index (χ1n) is 5.73. The Bertz CT molecular complexity index is 413. The first kappa shape index (κ1) is 16.6. The first-order chi connectivity index (χ1) is 9.33. The van der Waals surface area contributed by atoms with Crippen LogP contribution in [0.2, 0.25) is 0 Å². The SMILES string of the molecule is CNCc1cc(F)c(OCCOCC(F)(F)F)c(F)c1. The van der Waals surface area contributed by atoms with E-state index in [9.17, 15) is 22.0 Å². The average molecular weight is 299 g/mol. The highest BCUT2D eigenvalue weighted by molar-refractivity contribution is 5.31. The van der Waals surface area contributed by atoms with Crippen molar-refractivity contribution in [2.24, 2.45) is 0 Å². The lowest BCUT2D eigenvalue weighted by molar-refractivity contribution is -0.175. The van der Waals surface area contributed by atoms with E-state index in [-0.39, 0.29) is 13.2 Å². The number of hydrogen-bond donors (Lipinski definition) is 1. The zero-order valence-electron chi connectivity index (χ0n) is 10.7. The second-order valence-electron chi connectivity index (χ2n) is 3.94. The molecule has 1 aromatic rings. The maximum absolute atomic E-state index is 13.5. The highest BCUT2D eigenvalue weighted by Crippen LogP contribution is 2.23. The van der Waals surface area contributed by atoms with E-state index in [0.29, 0.717) is 5.56 Å². The summed E-state index contributed by atoms with van der Waals surface area (Å²) in [5, 5.41) is 2.73. The van der Waals surface area contributed by atoms with Crippen LogP contribution in [-0.2, 0) is 11.3 Å². The summed E-state index contributed by atoms with van der Waals surface area (Å²) < 4.78 is 71.3. The minimum atomic E-state index is -4.44. The molecular formula is C12H14F5NO2. The minimum absolute atomic E-state index is 0.281. The van der Waals surface area contributed by atoms with Crippen molar-refractivity contribution in [3.05, 3.63) is 29.3 Å². The molecule has 1 aromatic carbocycles. The van der Waals surface area contributed by atoms with Crippen molar-refractivity contribution in [2.75, 3.05) is 26.9 Å². The van der Waals surface area contributed by atoms with Gasteiger partial charge in [-0.25, -0.2) is 8.78 Å². The Morgan fingerprint density at radius 1 is 1.10 bits per heavy atom. The van der Waals surface area contributed by atoms with E-state index in [2.05, 4.69) is 10.1 Å². The normalized spacial score (nSPS) is 11.7. The number of hydrogen-bond acceptors (Lipinski definition) is 3. The Labute approximate surface area is 112 Å². The minimum Gasteiger partial charge on any atom is -0.485 e. The third kappa shape index (κ3) is 5.70. The van der Waals surface area contributed by atoms with Crippen molar-refractivity contribution in [1.29, 1.82) is 0 Å². The van der Waals surface area contributed by atoms with Crippen molar-refractivity contribution >= 4 is 0 Å². The van der Waals surface area contributed by atoms with Crippen LogP contribution in [0.3, 0.4) is 0 Å². The molecule has 0 radical (unpaired) electrons. The molecule has 1 N–H and O–H groups in total. The number of nitrogens with one attached hydrogen (secondary N) is 1. The van der Waals surface area contributed by atoms with Crippen LogP contribution in [0.4, 0.5) is 22.0 Å². The van der Waals surface area contributed by atoms with Gasteiger partial charge in [0.1, 0.15) is 13.2 Å². The molecule has 20 heavy (non-hydrogen) atoms. The summed E-state index contributed by atoms with van der Waals surface area (Å²) in [6.45, 7) is -1.95. The predicted octanol–water partition coefficient (Wildman–Crippen LogP) is 2.64. The van der Waals surface area contributed by atoms with E-state index in [1.54, 1.807) is 7.05 Å². The third-order valence-electron chi connectivity index (χ3n) is 2.18. The lowest BCUT2D eigenvalue weighted by Crippen LogP contribution is -2.19. The topological polar surface area (TPSA) is 30.5 Å². The molecule has 0 aliphatic carbocycles. The van der Waals surface area contributed by atoms with Crippen molar-refractivity contribution in [3.8, 4) is 5.75 Å². The number of halogens is 5. The molecule has 0 unspecified atom stereocenters. The lowest BCUT2D eigenvalue weighted by atomic mass is 10.2. The fraction of sp³-hybridized carbons (Fsp3) is 0.500. The van der Waals surface area contributed by atoms with Crippen molar-refractivity contribution < 1.29 is 31.4 Å². The van der Waals surface area contributed by atoms with Crippen LogP contribution in [0.15, 0.2) is 12.1 Å². The molecule has 3 nitrogen and oxygen atoms in total. The van der Waals surface area contributed by atoms with Gasteiger partial charge < -0.3 is 14.8 Å². The van der Waals surface area contributed by atoms with Gasteiger partial charge in [0.25, 0.3) is 0 Å². The Morgan fingerprint density at radius 3 is 2.20 bits per heavy atom. The summed E-state index contributed by atoms with van der Waals surface area (Å²) in [5.41, 5.74) is 0.392. The molecule has 0 fully saturated rings. The third-order valence-corrected chi connectivity index (χ3v) is 2.18. The second-order valence-corrected chi connectivity index (χ2v) is 3.94. The van der Waals surface area contributed by atoms with Crippen LogP contribution in [0.25, 0.3) is 0 Å². The summed E-state index contributed by atoms with van der Waals surface area (Å²) in [5.74, 6) is -2.45. The van der Waals surface area contributed by atoms with Gasteiger partial charge in [-0.2, -0.15) is 13.2 Å². The van der Waals surface area contributed by atoms with Crippen LogP contribution in [0.5, 0.6) is 5.75 Å². The fourth-order valence-electron chi connectivity index (χ4n) is 1.45. The number of alkyl halides is 3. The maximum atomic E-state index is 13.5. The smallest absolute Gasteiger partial charge is 0.411 e. The summed E-state index contributed by atoms with van der Waals surface area (Å²) in [4.78, 5) is 0. The quantitative estimate of drug-likeness (QED) is 0.620. The Morgan fingerprint density at radius 2 is 1.70 bits per heavy atom. The van der Waals surface area contributed by atoms with Gasteiger partial charge in [-0.05, 0) is 24.7 Å². The van der Waals surface area contributed by atoms with Gasteiger partial charge in [0, 0.05) is 6.54 Å². The van der Waals surface area contributed by atoms with Crippen LogP contribution in [0, 0.1) is 11.6 Å². The van der Waals surface area contributed by atoms with Crippen molar-refractivity contribution in [2.45, 2.75) is 12.7 Å². The summed E-state index contributed by atoms with van der Waals surface area (Å²) >= 11 is 0. The second kappa shape index (κ2) is 7.39. The van der Waals surface area contributed by atoms with E-state index in [1.165, 1.54) is 0 Å². The maximum Gasteiger partial charge on any atom is 0.411 e. The molecule has 0 saturated heterocycles. The molecule has 0 atom stereocenters. The molecule has 0 saturated carbocycles. The molecule has 1 rings (SSSR count). The van der Waals surface area contributed by atoms with E-state index in [4.69, 9.17) is 4.74 Å². The molecule has 0 aliphatic rings. The molecule has 0 amide bonds. The van der Waals surface area contributed by atoms with Crippen LogP contribution in [0.1, 0.15) is 5.56 Å². The van der Waals surface area contributed by atoms with E-state index in [1.807, 2.05) is 0 Å². The standard InChI is InChI=1S/C12H14F5NO2/c1-18-6-8-4-9(13)11(10(14)5-8)20-3-2-19-7-12(15,16)17/h4-5,18H,2-3,6-7H2,1H3. The number of rotatable bonds is 7. The Balaban J connectivity index is 2.48. The van der Waals surface area contributed by atoms with Gasteiger partial charge in [0.2, 0.25) is 0 Å². The van der Waals surface area contributed by atoms with Gasteiger partial charge in [-0.15, -0.1) is 0 Å². The van der Waals surface area contributed by atoms with E-state index in [0.717, 1.165) is 12.1 Å². The van der Waals surface area contributed by atoms with Crippen LogP contribution < -0.4 is 10.1 Å². The Hall–Kier alpha value is -1.41. The molecule has 0 aromatic heterocycles. The van der Waals surface area contributed by atoms with Gasteiger partial charge >= 0.3 is 6.18 Å². The molecule has 8 heteroatoms. The van der Waals surface area contributed by atoms with Crippen LogP contribution in [-0.4, -0.2) is 33.0 Å². The zero-order chi connectivity index (χ0) is 15.2. The largest absolute Gasteiger partial charge is 0.485 e. The van der Waals surface area contributed by atoms with Crippen molar-refractivity contribution in [1.82, 2.24) is 5.32 Å². The van der Waals surface area contributed by atoms with E-state index < -0.39 is 36.8 Å². The summed E-state index contributed by atoms with van der Waals surface area (Å²) in [6, 6.07) is 2.18. The monoisotopic (exact) mass is 299 g/mol. The Kier molecular flexibility index (Phi) is 6.15. The molecule has 0 aliphatic heterocycles.